The zero-order valence-corrected chi connectivity index (χ0v) is 16.0. The van der Waals surface area contributed by atoms with Gasteiger partial charge in [-0.1, -0.05) is 36.4 Å². The lowest BCUT2D eigenvalue weighted by atomic mass is 10.1. The Morgan fingerprint density at radius 2 is 1.48 bits per heavy atom. The SMILES string of the molecule is COc1ccccc1CNCc1ccccc1S(=O)(=O)NC(C)(C)C. The van der Waals surface area contributed by atoms with Crippen LogP contribution < -0.4 is 14.8 Å². The van der Waals surface area contributed by atoms with Crippen LogP contribution in [0, 0.1) is 0 Å². The quantitative estimate of drug-likeness (QED) is 0.794. The summed E-state index contributed by atoms with van der Waals surface area (Å²) in [7, 11) is -1.93. The summed E-state index contributed by atoms with van der Waals surface area (Å²) in [6.07, 6.45) is 0. The van der Waals surface area contributed by atoms with Gasteiger partial charge in [-0.05, 0) is 38.5 Å². The molecular formula is C19H26N2O3S. The number of methoxy groups -OCH3 is 1. The summed E-state index contributed by atoms with van der Waals surface area (Å²) in [5.41, 5.74) is 1.23. The highest BCUT2D eigenvalue weighted by Crippen LogP contribution is 2.19. The maximum atomic E-state index is 12.6. The number of nitrogens with one attached hydrogen (secondary N) is 2. The Balaban J connectivity index is 2.13. The average Bonchev–Trinajstić information content (AvgIpc) is 2.53. The van der Waals surface area contributed by atoms with Crippen LogP contribution in [-0.4, -0.2) is 21.1 Å². The number of sulfonamides is 1. The summed E-state index contributed by atoms with van der Waals surface area (Å²) in [5, 5.41) is 3.30. The van der Waals surface area contributed by atoms with E-state index in [4.69, 9.17) is 4.74 Å². The molecular weight excluding hydrogens is 336 g/mol. The van der Waals surface area contributed by atoms with Crippen LogP contribution in [0.15, 0.2) is 53.4 Å². The number of hydrogen-bond donors (Lipinski definition) is 2. The van der Waals surface area contributed by atoms with E-state index in [0.29, 0.717) is 18.0 Å². The molecule has 2 N–H and O–H groups in total. The van der Waals surface area contributed by atoms with Crippen molar-refractivity contribution in [3.05, 3.63) is 59.7 Å². The van der Waals surface area contributed by atoms with Crippen LogP contribution in [-0.2, 0) is 23.1 Å². The first-order valence-electron chi connectivity index (χ1n) is 8.17. The molecule has 0 heterocycles. The van der Waals surface area contributed by atoms with Gasteiger partial charge in [0.25, 0.3) is 0 Å². The van der Waals surface area contributed by atoms with Gasteiger partial charge in [0.2, 0.25) is 10.0 Å². The lowest BCUT2D eigenvalue weighted by Gasteiger charge is -2.21. The normalized spacial score (nSPS) is 12.2. The second-order valence-corrected chi connectivity index (χ2v) is 8.53. The molecule has 0 aliphatic heterocycles. The van der Waals surface area contributed by atoms with Gasteiger partial charge in [-0.15, -0.1) is 0 Å². The van der Waals surface area contributed by atoms with Crippen molar-refractivity contribution in [1.82, 2.24) is 10.0 Å². The maximum Gasteiger partial charge on any atom is 0.241 e. The summed E-state index contributed by atoms with van der Waals surface area (Å²) in [5.74, 6) is 0.810. The standard InChI is InChI=1S/C19H26N2O3S/c1-19(2,3)21-25(22,23)18-12-8-6-10-16(18)14-20-13-15-9-5-7-11-17(15)24-4/h5-12,20-21H,13-14H2,1-4H3. The molecule has 0 radical (unpaired) electrons. The van der Waals surface area contributed by atoms with Gasteiger partial charge in [-0.25, -0.2) is 13.1 Å². The third-order valence-electron chi connectivity index (χ3n) is 3.53. The Hall–Kier alpha value is -1.89. The van der Waals surface area contributed by atoms with E-state index in [2.05, 4.69) is 10.0 Å². The Morgan fingerprint density at radius 1 is 0.920 bits per heavy atom. The molecule has 136 valence electrons. The van der Waals surface area contributed by atoms with E-state index < -0.39 is 15.6 Å². The highest BCUT2D eigenvalue weighted by Gasteiger charge is 2.24. The van der Waals surface area contributed by atoms with Gasteiger partial charge in [0.1, 0.15) is 5.75 Å². The largest absolute Gasteiger partial charge is 0.496 e. The first-order chi connectivity index (χ1) is 11.7. The molecule has 0 saturated carbocycles. The third-order valence-corrected chi connectivity index (χ3v) is 5.38. The van der Waals surface area contributed by atoms with Crippen LogP contribution in [0.5, 0.6) is 5.75 Å². The molecule has 0 bridgehead atoms. The molecule has 25 heavy (non-hydrogen) atoms. The fraction of sp³-hybridized carbons (Fsp3) is 0.368. The van der Waals surface area contributed by atoms with E-state index in [1.54, 1.807) is 19.2 Å². The van der Waals surface area contributed by atoms with Crippen LogP contribution in [0.2, 0.25) is 0 Å². The van der Waals surface area contributed by atoms with Gasteiger partial charge in [0, 0.05) is 24.2 Å². The van der Waals surface area contributed by atoms with E-state index in [1.165, 1.54) is 0 Å². The molecule has 0 spiro atoms. The van der Waals surface area contributed by atoms with Crippen molar-refractivity contribution in [2.75, 3.05) is 7.11 Å². The Bertz CT molecular complexity index is 811. The summed E-state index contributed by atoms with van der Waals surface area (Å²) < 4.78 is 33.3. The zero-order valence-electron chi connectivity index (χ0n) is 15.2. The fourth-order valence-electron chi connectivity index (χ4n) is 2.55. The van der Waals surface area contributed by atoms with E-state index in [-0.39, 0.29) is 0 Å². The number of benzene rings is 2. The van der Waals surface area contributed by atoms with Crippen LogP contribution in [0.1, 0.15) is 31.9 Å². The van der Waals surface area contributed by atoms with Gasteiger partial charge < -0.3 is 10.1 Å². The van der Waals surface area contributed by atoms with E-state index in [0.717, 1.165) is 16.9 Å². The van der Waals surface area contributed by atoms with E-state index >= 15 is 0 Å². The predicted octanol–water partition coefficient (Wildman–Crippen LogP) is 3.06. The van der Waals surface area contributed by atoms with Crippen molar-refractivity contribution in [3.63, 3.8) is 0 Å². The molecule has 0 aliphatic rings. The van der Waals surface area contributed by atoms with Crippen molar-refractivity contribution in [2.24, 2.45) is 0 Å². The lowest BCUT2D eigenvalue weighted by molar-refractivity contribution is 0.407. The van der Waals surface area contributed by atoms with Crippen LogP contribution in [0.4, 0.5) is 0 Å². The summed E-state index contributed by atoms with van der Waals surface area (Å²) in [6, 6.07) is 14.8. The molecule has 0 amide bonds. The van der Waals surface area contributed by atoms with E-state index in [1.807, 2.05) is 57.2 Å². The topological polar surface area (TPSA) is 67.4 Å². The van der Waals surface area contributed by atoms with Gasteiger partial charge in [0.05, 0.1) is 12.0 Å². The molecule has 0 saturated heterocycles. The molecule has 0 atom stereocenters. The summed E-state index contributed by atoms with van der Waals surface area (Å²) >= 11 is 0. The van der Waals surface area contributed by atoms with Crippen molar-refractivity contribution in [1.29, 1.82) is 0 Å². The van der Waals surface area contributed by atoms with Gasteiger partial charge in [0.15, 0.2) is 0 Å². The molecule has 5 nitrogen and oxygen atoms in total. The van der Waals surface area contributed by atoms with Crippen molar-refractivity contribution < 1.29 is 13.2 Å². The highest BCUT2D eigenvalue weighted by atomic mass is 32.2. The number of rotatable bonds is 7. The summed E-state index contributed by atoms with van der Waals surface area (Å²) in [6.45, 7) is 6.51. The molecule has 2 rings (SSSR count). The minimum Gasteiger partial charge on any atom is -0.496 e. The van der Waals surface area contributed by atoms with Gasteiger partial charge in [-0.2, -0.15) is 0 Å². The number of ether oxygens (including phenoxy) is 1. The number of para-hydroxylation sites is 1. The van der Waals surface area contributed by atoms with Crippen molar-refractivity contribution in [2.45, 2.75) is 44.3 Å². The lowest BCUT2D eigenvalue weighted by Crippen LogP contribution is -2.40. The van der Waals surface area contributed by atoms with Crippen LogP contribution in [0.3, 0.4) is 0 Å². The minimum absolute atomic E-state index is 0.303. The monoisotopic (exact) mass is 362 g/mol. The second kappa shape index (κ2) is 7.99. The Labute approximate surface area is 150 Å². The molecule has 6 heteroatoms. The van der Waals surface area contributed by atoms with Crippen LogP contribution >= 0.6 is 0 Å². The maximum absolute atomic E-state index is 12.6. The van der Waals surface area contributed by atoms with Gasteiger partial charge >= 0.3 is 0 Å². The minimum atomic E-state index is -3.57. The molecule has 0 aliphatic carbocycles. The average molecular weight is 362 g/mol. The smallest absolute Gasteiger partial charge is 0.241 e. The van der Waals surface area contributed by atoms with Crippen molar-refractivity contribution >= 4 is 10.0 Å². The first kappa shape index (κ1) is 19.4. The third kappa shape index (κ3) is 5.56. The molecule has 2 aromatic carbocycles. The van der Waals surface area contributed by atoms with Crippen molar-refractivity contribution in [3.8, 4) is 5.75 Å². The molecule has 0 unspecified atom stereocenters. The van der Waals surface area contributed by atoms with E-state index in [9.17, 15) is 8.42 Å². The fourth-order valence-corrected chi connectivity index (χ4v) is 4.21. The molecule has 0 aromatic heterocycles. The predicted molar refractivity (Wildman–Crippen MR) is 100 cm³/mol. The first-order valence-corrected chi connectivity index (χ1v) is 9.66. The van der Waals surface area contributed by atoms with Gasteiger partial charge in [-0.3, -0.25) is 0 Å². The Morgan fingerprint density at radius 3 is 2.12 bits per heavy atom. The second-order valence-electron chi connectivity index (χ2n) is 6.88. The summed E-state index contributed by atoms with van der Waals surface area (Å²) in [4.78, 5) is 0.303. The Kier molecular flexibility index (Phi) is 6.21. The molecule has 2 aromatic rings. The number of hydrogen-bond acceptors (Lipinski definition) is 4. The zero-order chi connectivity index (χ0) is 18.5. The van der Waals surface area contributed by atoms with Crippen LogP contribution in [0.25, 0.3) is 0 Å². The highest BCUT2D eigenvalue weighted by molar-refractivity contribution is 7.89. The molecule has 0 fully saturated rings.